The Morgan fingerprint density at radius 2 is 1.58 bits per heavy atom. The molecule has 1 aliphatic heterocycles. The summed E-state index contributed by atoms with van der Waals surface area (Å²) in [6.07, 6.45) is -0.781. The van der Waals surface area contributed by atoms with Gasteiger partial charge < -0.3 is 4.74 Å². The average Bonchev–Trinajstić information content (AvgIpc) is 2.97. The third kappa shape index (κ3) is 3.83. The number of halogens is 1. The van der Waals surface area contributed by atoms with Crippen LogP contribution >= 0.6 is 11.8 Å². The first-order valence-electron chi connectivity index (χ1n) is 9.89. The normalized spacial score (nSPS) is 18.1. The predicted octanol–water partition coefficient (Wildman–Crippen LogP) is 6.14. The third-order valence-corrected chi connectivity index (χ3v) is 6.30. The van der Waals surface area contributed by atoms with Gasteiger partial charge in [-0.15, -0.1) is 0 Å². The molecule has 1 heterocycles. The SMILES string of the molecule is CC(C)(C)OC(=O)N1C(=O)[C@](Sc2ccccc2)(c2ccccc2)c2cc(F)ccc21. The van der Waals surface area contributed by atoms with Crippen molar-refractivity contribution in [2.24, 2.45) is 0 Å². The van der Waals surface area contributed by atoms with E-state index >= 15 is 0 Å². The molecule has 0 aliphatic carbocycles. The van der Waals surface area contributed by atoms with E-state index in [1.165, 1.54) is 30.0 Å². The molecule has 6 heteroatoms. The number of fused-ring (bicyclic) bond motifs is 1. The van der Waals surface area contributed by atoms with E-state index in [4.69, 9.17) is 4.74 Å². The zero-order chi connectivity index (χ0) is 22.2. The maximum atomic E-state index is 14.4. The lowest BCUT2D eigenvalue weighted by Gasteiger charge is -2.29. The molecule has 158 valence electrons. The van der Waals surface area contributed by atoms with E-state index in [-0.39, 0.29) is 0 Å². The highest BCUT2D eigenvalue weighted by Crippen LogP contribution is 2.55. The van der Waals surface area contributed by atoms with Gasteiger partial charge in [-0.2, -0.15) is 0 Å². The molecule has 1 aliphatic rings. The van der Waals surface area contributed by atoms with Gasteiger partial charge in [0.2, 0.25) is 0 Å². The summed E-state index contributed by atoms with van der Waals surface area (Å²) in [5.41, 5.74) is 0.616. The van der Waals surface area contributed by atoms with Crippen LogP contribution in [0.5, 0.6) is 0 Å². The van der Waals surface area contributed by atoms with E-state index in [1.807, 2.05) is 60.7 Å². The summed E-state index contributed by atoms with van der Waals surface area (Å²) < 4.78 is 18.6. The Balaban J connectivity index is 1.95. The molecule has 0 fully saturated rings. The molecule has 0 radical (unpaired) electrons. The van der Waals surface area contributed by atoms with E-state index < -0.39 is 28.2 Å². The number of ether oxygens (including phenoxy) is 1. The number of anilines is 1. The second kappa shape index (κ2) is 7.85. The quantitative estimate of drug-likeness (QED) is 0.496. The number of nitrogens with zero attached hydrogens (tertiary/aromatic N) is 1. The molecule has 4 rings (SSSR count). The number of rotatable bonds is 3. The minimum atomic E-state index is -1.34. The molecule has 2 amide bonds. The fraction of sp³-hybridized carbons (Fsp3) is 0.200. The summed E-state index contributed by atoms with van der Waals surface area (Å²) in [4.78, 5) is 28.9. The van der Waals surface area contributed by atoms with Crippen LogP contribution in [-0.2, 0) is 14.3 Å². The van der Waals surface area contributed by atoms with E-state index in [1.54, 1.807) is 20.8 Å². The molecular formula is C25H22FNO3S. The highest BCUT2D eigenvalue weighted by atomic mass is 32.2. The molecule has 4 nitrogen and oxygen atoms in total. The van der Waals surface area contributed by atoms with E-state index in [2.05, 4.69) is 0 Å². The van der Waals surface area contributed by atoms with Gasteiger partial charge in [0.1, 0.15) is 11.4 Å². The molecule has 0 N–H and O–H groups in total. The first-order valence-corrected chi connectivity index (χ1v) is 10.7. The largest absolute Gasteiger partial charge is 0.443 e. The summed E-state index contributed by atoms with van der Waals surface area (Å²) in [6.45, 7) is 5.21. The minimum absolute atomic E-state index is 0.327. The van der Waals surface area contributed by atoms with Crippen LogP contribution in [0.3, 0.4) is 0 Å². The lowest BCUT2D eigenvalue weighted by Crippen LogP contribution is -2.44. The number of thioether (sulfide) groups is 1. The van der Waals surface area contributed by atoms with E-state index in [0.717, 1.165) is 9.80 Å². The van der Waals surface area contributed by atoms with Crippen LogP contribution in [0, 0.1) is 5.82 Å². The van der Waals surface area contributed by atoms with Gasteiger partial charge in [-0.1, -0.05) is 60.3 Å². The monoisotopic (exact) mass is 435 g/mol. The standard InChI is InChI=1S/C25H22FNO3S/c1-24(2,3)30-23(29)27-21-15-14-18(26)16-20(21)25(22(27)28,17-10-6-4-7-11-17)31-19-12-8-5-9-13-19/h4-16H,1-3H3/t25-/m0/s1. The highest BCUT2D eigenvalue weighted by Gasteiger charge is 2.56. The first kappa shape index (κ1) is 21.1. The molecule has 1 atom stereocenters. The smallest absolute Gasteiger partial charge is 0.421 e. The molecule has 0 bridgehead atoms. The van der Waals surface area contributed by atoms with Crippen LogP contribution < -0.4 is 4.90 Å². The van der Waals surface area contributed by atoms with Gasteiger partial charge in [0.25, 0.3) is 5.91 Å². The van der Waals surface area contributed by atoms with Crippen LogP contribution in [0.4, 0.5) is 14.9 Å². The molecule has 3 aromatic rings. The summed E-state index contributed by atoms with van der Waals surface area (Å²) in [7, 11) is 0. The summed E-state index contributed by atoms with van der Waals surface area (Å²) >= 11 is 1.28. The maximum absolute atomic E-state index is 14.4. The number of benzene rings is 3. The Kier molecular flexibility index (Phi) is 5.35. The zero-order valence-corrected chi connectivity index (χ0v) is 18.3. The van der Waals surface area contributed by atoms with Crippen molar-refractivity contribution < 1.29 is 18.7 Å². The van der Waals surface area contributed by atoms with Crippen LogP contribution in [-0.4, -0.2) is 17.6 Å². The first-order chi connectivity index (χ1) is 14.7. The van der Waals surface area contributed by atoms with Gasteiger partial charge >= 0.3 is 6.09 Å². The van der Waals surface area contributed by atoms with Gasteiger partial charge in [-0.25, -0.2) is 14.1 Å². The predicted molar refractivity (Wildman–Crippen MR) is 120 cm³/mol. The Hall–Kier alpha value is -3.12. The Morgan fingerprint density at radius 3 is 2.19 bits per heavy atom. The molecule has 3 aromatic carbocycles. The number of carbonyl (C=O) groups is 2. The van der Waals surface area contributed by atoms with Gasteiger partial charge in [0.15, 0.2) is 4.75 Å². The Bertz CT molecular complexity index is 1130. The molecule has 0 aromatic heterocycles. The van der Waals surface area contributed by atoms with Crippen LogP contribution in [0.25, 0.3) is 0 Å². The fourth-order valence-electron chi connectivity index (χ4n) is 3.63. The fourth-order valence-corrected chi connectivity index (χ4v) is 4.98. The van der Waals surface area contributed by atoms with Crippen molar-refractivity contribution in [3.05, 3.63) is 95.8 Å². The number of carbonyl (C=O) groups excluding carboxylic acids is 2. The summed E-state index contributed by atoms with van der Waals surface area (Å²) in [5.74, 6) is -0.964. The molecular weight excluding hydrogens is 413 g/mol. The minimum Gasteiger partial charge on any atom is -0.443 e. The van der Waals surface area contributed by atoms with E-state index in [0.29, 0.717) is 16.8 Å². The van der Waals surface area contributed by atoms with Gasteiger partial charge in [-0.3, -0.25) is 4.79 Å². The molecule has 0 spiro atoms. The van der Waals surface area contributed by atoms with E-state index in [9.17, 15) is 14.0 Å². The molecule has 31 heavy (non-hydrogen) atoms. The number of hydrogen-bond donors (Lipinski definition) is 0. The molecule has 0 saturated heterocycles. The Morgan fingerprint density at radius 1 is 0.968 bits per heavy atom. The second-order valence-corrected chi connectivity index (χ2v) is 9.53. The van der Waals surface area contributed by atoms with Gasteiger partial charge in [0, 0.05) is 10.5 Å². The van der Waals surface area contributed by atoms with Crippen molar-refractivity contribution in [3.8, 4) is 0 Å². The number of imide groups is 1. The van der Waals surface area contributed by atoms with Gasteiger partial charge in [0.05, 0.1) is 5.69 Å². The van der Waals surface area contributed by atoms with Crippen LogP contribution in [0.15, 0.2) is 83.8 Å². The van der Waals surface area contributed by atoms with Crippen molar-refractivity contribution in [2.45, 2.75) is 36.0 Å². The highest BCUT2D eigenvalue weighted by molar-refractivity contribution is 8.01. The average molecular weight is 436 g/mol. The van der Waals surface area contributed by atoms with Crippen molar-refractivity contribution in [3.63, 3.8) is 0 Å². The molecule has 0 unspecified atom stereocenters. The van der Waals surface area contributed by atoms with Crippen LogP contribution in [0.1, 0.15) is 31.9 Å². The summed E-state index contributed by atoms with van der Waals surface area (Å²) in [5, 5.41) is 0. The zero-order valence-electron chi connectivity index (χ0n) is 17.5. The van der Waals surface area contributed by atoms with Crippen molar-refractivity contribution in [2.75, 3.05) is 4.90 Å². The number of amides is 2. The maximum Gasteiger partial charge on any atom is 0.421 e. The molecule has 0 saturated carbocycles. The van der Waals surface area contributed by atoms with Crippen molar-refractivity contribution in [1.29, 1.82) is 0 Å². The lowest BCUT2D eigenvalue weighted by atomic mass is 9.91. The van der Waals surface area contributed by atoms with Crippen molar-refractivity contribution in [1.82, 2.24) is 0 Å². The second-order valence-electron chi connectivity index (χ2n) is 8.24. The van der Waals surface area contributed by atoms with Crippen molar-refractivity contribution >= 4 is 29.4 Å². The van der Waals surface area contributed by atoms with Crippen LogP contribution in [0.2, 0.25) is 0 Å². The van der Waals surface area contributed by atoms with Gasteiger partial charge in [-0.05, 0) is 56.7 Å². The topological polar surface area (TPSA) is 46.6 Å². The third-order valence-electron chi connectivity index (χ3n) is 4.85. The number of hydrogen-bond acceptors (Lipinski definition) is 4. The lowest BCUT2D eigenvalue weighted by molar-refractivity contribution is -0.119. The Labute approximate surface area is 185 Å². The summed E-state index contributed by atoms with van der Waals surface area (Å²) in [6, 6.07) is 22.6.